The lowest BCUT2D eigenvalue weighted by molar-refractivity contribution is 0.378. The number of imidazole rings is 1. The number of H-pyrrole nitrogens is 1. The van der Waals surface area contributed by atoms with Crippen molar-refractivity contribution in [1.82, 2.24) is 22.3 Å². The number of rotatable bonds is 0. The highest BCUT2D eigenvalue weighted by Gasteiger charge is 1.85. The largest absolute Gasteiger partial charge is 0.394 e. The van der Waals surface area contributed by atoms with E-state index in [1.165, 1.54) is 0 Å². The second-order valence-corrected chi connectivity index (χ2v) is 3.86. The van der Waals surface area contributed by atoms with Gasteiger partial charge in [-0.2, -0.15) is 16.8 Å². The first-order valence-corrected chi connectivity index (χ1v) is 6.04. The predicted molar refractivity (Wildman–Crippen MR) is 61.7 cm³/mol. The van der Waals surface area contributed by atoms with Gasteiger partial charge in [0.1, 0.15) is 5.82 Å². The van der Waals surface area contributed by atoms with E-state index in [4.69, 9.17) is 35.0 Å². The molecule has 0 atom stereocenters. The quantitative estimate of drug-likeness (QED) is 0.307. The molecule has 1 aromatic heterocycles. The number of aryl methyl sites for hydroxylation is 1. The minimum atomic E-state index is -4.67. The number of nitrogens with one attached hydrogen (secondary N) is 1. The van der Waals surface area contributed by atoms with Crippen molar-refractivity contribution in [2.45, 2.75) is 6.92 Å². The van der Waals surface area contributed by atoms with Crippen LogP contribution < -0.4 is 12.3 Å². The predicted octanol–water partition coefficient (Wildman–Crippen LogP) is -0.263. The summed E-state index contributed by atoms with van der Waals surface area (Å²) in [5, 5.41) is 0. The van der Waals surface area contributed by atoms with E-state index in [-0.39, 0.29) is 12.3 Å². The molecule has 0 aliphatic rings. The molecule has 0 unspecified atom stereocenters. The van der Waals surface area contributed by atoms with Crippen molar-refractivity contribution in [2.75, 3.05) is 0 Å². The number of aromatic nitrogens is 2. The maximum atomic E-state index is 8.74. The van der Waals surface area contributed by atoms with Crippen LogP contribution in [0.2, 0.25) is 0 Å². The molecular formula is C4H16N4O8S2. The van der Waals surface area contributed by atoms with Crippen LogP contribution in [0.5, 0.6) is 0 Å². The molecule has 11 N–H and O–H groups in total. The molecule has 18 heavy (non-hydrogen) atoms. The zero-order chi connectivity index (χ0) is 13.4. The summed E-state index contributed by atoms with van der Waals surface area (Å²) in [4.78, 5) is 6.75. The second-order valence-electron chi connectivity index (χ2n) is 2.07. The molecule has 112 valence electrons. The van der Waals surface area contributed by atoms with Gasteiger partial charge in [0.25, 0.3) is 0 Å². The highest BCUT2D eigenvalue weighted by atomic mass is 32.3. The fraction of sp³-hybridized carbons (Fsp3) is 0.250. The summed E-state index contributed by atoms with van der Waals surface area (Å²) < 4.78 is 63.2. The third-order valence-corrected chi connectivity index (χ3v) is 0.635. The zero-order valence-electron chi connectivity index (χ0n) is 9.25. The molecule has 0 aliphatic heterocycles. The van der Waals surface area contributed by atoms with Crippen LogP contribution in [0.15, 0.2) is 12.4 Å². The van der Waals surface area contributed by atoms with E-state index in [1.807, 2.05) is 6.92 Å². The normalized spacial score (nSPS) is 9.39. The van der Waals surface area contributed by atoms with Gasteiger partial charge in [0.2, 0.25) is 0 Å². The van der Waals surface area contributed by atoms with Crippen LogP contribution in [0, 0.1) is 6.92 Å². The Balaban J connectivity index is -0.0000000781. The topological polar surface area (TPSA) is 248 Å². The lowest BCUT2D eigenvalue weighted by atomic mass is 10.8. The smallest absolute Gasteiger partial charge is 0.349 e. The fourth-order valence-electron chi connectivity index (χ4n) is 0.344. The first-order chi connectivity index (χ1) is 6.89. The molecule has 1 heterocycles. The van der Waals surface area contributed by atoms with Crippen molar-refractivity contribution >= 4 is 20.8 Å². The van der Waals surface area contributed by atoms with Crippen LogP contribution in [0.25, 0.3) is 0 Å². The maximum Gasteiger partial charge on any atom is 0.394 e. The molecule has 0 saturated carbocycles. The minimum absolute atomic E-state index is 0. The lowest BCUT2D eigenvalue weighted by Crippen LogP contribution is -1.89. The standard InChI is InChI=1S/C4H6N2.2H3N.2H2O4S/c1-4-5-2-3-6-4;;;2*1-5(2,3)4/h2-3H,1H3,(H,5,6);2*1H3;2*(H2,1,2,3,4). The van der Waals surface area contributed by atoms with E-state index in [9.17, 15) is 0 Å². The molecule has 1 aromatic rings. The van der Waals surface area contributed by atoms with Crippen molar-refractivity contribution in [3.8, 4) is 0 Å². The molecule has 0 aromatic carbocycles. The maximum absolute atomic E-state index is 8.74. The Bertz CT molecular complexity index is 419. The average Bonchev–Trinajstić information content (AvgIpc) is 2.30. The Kier molecular flexibility index (Phi) is 15.7. The van der Waals surface area contributed by atoms with E-state index in [2.05, 4.69) is 9.97 Å². The molecule has 12 nitrogen and oxygen atoms in total. The number of hydrogen-bond donors (Lipinski definition) is 7. The molecule has 0 amide bonds. The van der Waals surface area contributed by atoms with Crippen LogP contribution in [0.1, 0.15) is 5.82 Å². The van der Waals surface area contributed by atoms with Crippen molar-refractivity contribution in [1.29, 1.82) is 0 Å². The summed E-state index contributed by atoms with van der Waals surface area (Å²) in [6.07, 6.45) is 3.53. The molecule has 14 heteroatoms. The molecule has 1 rings (SSSR count). The third kappa shape index (κ3) is 83.0. The van der Waals surface area contributed by atoms with E-state index in [0.29, 0.717) is 0 Å². The first kappa shape index (κ1) is 25.7. The molecule has 0 aliphatic carbocycles. The van der Waals surface area contributed by atoms with E-state index < -0.39 is 20.8 Å². The molecule has 0 fully saturated rings. The van der Waals surface area contributed by atoms with Crippen molar-refractivity contribution in [2.24, 2.45) is 0 Å². The zero-order valence-corrected chi connectivity index (χ0v) is 10.9. The van der Waals surface area contributed by atoms with Gasteiger partial charge < -0.3 is 17.3 Å². The van der Waals surface area contributed by atoms with Gasteiger partial charge in [0, 0.05) is 12.4 Å². The van der Waals surface area contributed by atoms with Gasteiger partial charge in [-0.3, -0.25) is 18.2 Å². The summed E-state index contributed by atoms with van der Waals surface area (Å²) in [5.74, 6) is 0.968. The van der Waals surface area contributed by atoms with Crippen LogP contribution in [-0.4, -0.2) is 45.0 Å². The van der Waals surface area contributed by atoms with Crippen molar-refractivity contribution in [3.05, 3.63) is 18.2 Å². The van der Waals surface area contributed by atoms with Gasteiger partial charge in [-0.25, -0.2) is 4.98 Å². The van der Waals surface area contributed by atoms with Crippen molar-refractivity contribution in [3.63, 3.8) is 0 Å². The summed E-state index contributed by atoms with van der Waals surface area (Å²) >= 11 is 0. The van der Waals surface area contributed by atoms with Crippen LogP contribution in [0.4, 0.5) is 0 Å². The third-order valence-electron chi connectivity index (χ3n) is 0.635. The highest BCUT2D eigenvalue weighted by Crippen LogP contribution is 1.78. The van der Waals surface area contributed by atoms with E-state index in [1.54, 1.807) is 12.4 Å². The van der Waals surface area contributed by atoms with E-state index >= 15 is 0 Å². The van der Waals surface area contributed by atoms with Gasteiger partial charge in [0.15, 0.2) is 0 Å². The highest BCUT2D eigenvalue weighted by molar-refractivity contribution is 7.80. The van der Waals surface area contributed by atoms with Gasteiger partial charge in [-0.15, -0.1) is 0 Å². The summed E-state index contributed by atoms with van der Waals surface area (Å²) in [6.45, 7) is 1.92. The van der Waals surface area contributed by atoms with Crippen LogP contribution in [-0.2, 0) is 20.8 Å². The Morgan fingerprint density at radius 1 is 1.00 bits per heavy atom. The van der Waals surface area contributed by atoms with Gasteiger partial charge in [-0.05, 0) is 6.92 Å². The minimum Gasteiger partial charge on any atom is -0.349 e. The Hall–Kier alpha value is -1.13. The number of nitrogens with zero attached hydrogens (tertiary/aromatic N) is 1. The van der Waals surface area contributed by atoms with E-state index in [0.717, 1.165) is 5.82 Å². The fourth-order valence-corrected chi connectivity index (χ4v) is 0.344. The number of hydrogen-bond acceptors (Lipinski definition) is 7. The average molecular weight is 312 g/mol. The Morgan fingerprint density at radius 2 is 1.28 bits per heavy atom. The Morgan fingerprint density at radius 3 is 1.33 bits per heavy atom. The Labute approximate surface area is 104 Å². The summed E-state index contributed by atoms with van der Waals surface area (Å²) in [6, 6.07) is 0. The van der Waals surface area contributed by atoms with Crippen molar-refractivity contribution < 1.29 is 35.0 Å². The van der Waals surface area contributed by atoms with Crippen LogP contribution in [0.3, 0.4) is 0 Å². The molecule has 0 radical (unpaired) electrons. The molecular weight excluding hydrogens is 296 g/mol. The molecule has 0 bridgehead atoms. The van der Waals surface area contributed by atoms with Crippen LogP contribution >= 0.6 is 0 Å². The van der Waals surface area contributed by atoms with Gasteiger partial charge >= 0.3 is 20.8 Å². The summed E-state index contributed by atoms with van der Waals surface area (Å²) in [5.41, 5.74) is 0. The molecule has 0 saturated heterocycles. The van der Waals surface area contributed by atoms with Gasteiger partial charge in [-0.1, -0.05) is 0 Å². The second kappa shape index (κ2) is 11.0. The SMILES string of the molecule is Cc1ncc[nH]1.N.N.O=S(=O)(O)O.O=S(=O)(O)O. The monoisotopic (exact) mass is 312 g/mol. The molecule has 0 spiro atoms. The summed E-state index contributed by atoms with van der Waals surface area (Å²) in [7, 11) is -9.33. The number of aromatic amines is 1. The van der Waals surface area contributed by atoms with Gasteiger partial charge in [0.05, 0.1) is 0 Å². The first-order valence-electron chi connectivity index (χ1n) is 3.25. The lowest BCUT2D eigenvalue weighted by Gasteiger charge is -1.68.